The average molecular weight is 276 g/mol. The lowest BCUT2D eigenvalue weighted by atomic mass is 10.1. The van der Waals surface area contributed by atoms with Gasteiger partial charge < -0.3 is 9.64 Å². The van der Waals surface area contributed by atoms with Crippen molar-refractivity contribution < 1.29 is 4.74 Å². The van der Waals surface area contributed by atoms with Gasteiger partial charge in [0, 0.05) is 19.1 Å². The van der Waals surface area contributed by atoms with Crippen LogP contribution in [-0.2, 0) is 0 Å². The normalized spacial score (nSPS) is 20.4. The molecule has 1 aliphatic rings. The summed E-state index contributed by atoms with van der Waals surface area (Å²) >= 11 is 0. The maximum atomic E-state index is 5.96. The molecule has 1 heterocycles. The Balaban J connectivity index is 1.79. The Morgan fingerprint density at radius 3 is 2.85 bits per heavy atom. The quantitative estimate of drug-likeness (QED) is 0.822. The molecule has 1 aromatic carbocycles. The highest BCUT2D eigenvalue weighted by atomic mass is 16.5. The fourth-order valence-electron chi connectivity index (χ4n) is 2.80. The first-order valence-corrected chi connectivity index (χ1v) is 7.65. The van der Waals surface area contributed by atoms with Crippen LogP contribution in [0.2, 0.25) is 0 Å². The Morgan fingerprint density at radius 2 is 2.10 bits per heavy atom. The van der Waals surface area contributed by atoms with E-state index in [1.165, 1.54) is 37.1 Å². The van der Waals surface area contributed by atoms with E-state index in [-0.39, 0.29) is 0 Å². The minimum absolute atomic E-state index is 0.699. The Labute approximate surface area is 123 Å². The van der Waals surface area contributed by atoms with Crippen molar-refractivity contribution in [3.8, 4) is 5.75 Å². The maximum Gasteiger partial charge on any atom is 0.122 e. The number of likely N-dealkylation sites (tertiary alicyclic amines) is 1. The van der Waals surface area contributed by atoms with Gasteiger partial charge in [-0.05, 0) is 64.5 Å². The summed E-state index contributed by atoms with van der Waals surface area (Å²) in [5.41, 5.74) is 2.48. The summed E-state index contributed by atoms with van der Waals surface area (Å²) in [5, 5.41) is 0. The first-order chi connectivity index (χ1) is 9.56. The Morgan fingerprint density at radius 1 is 1.30 bits per heavy atom. The molecule has 0 aliphatic carbocycles. The van der Waals surface area contributed by atoms with Crippen LogP contribution in [0.1, 0.15) is 24.0 Å². The molecule has 0 radical (unpaired) electrons. The number of rotatable bonds is 5. The molecule has 0 amide bonds. The average Bonchev–Trinajstić information content (AvgIpc) is 2.43. The van der Waals surface area contributed by atoms with Crippen LogP contribution in [0.4, 0.5) is 0 Å². The fourth-order valence-corrected chi connectivity index (χ4v) is 2.80. The van der Waals surface area contributed by atoms with Gasteiger partial charge in [0.2, 0.25) is 0 Å². The Kier molecular flexibility index (Phi) is 5.44. The molecule has 2 rings (SSSR count). The molecule has 1 aromatic rings. The number of hydrogen-bond donors (Lipinski definition) is 0. The van der Waals surface area contributed by atoms with Gasteiger partial charge in [-0.15, -0.1) is 0 Å². The van der Waals surface area contributed by atoms with Crippen LogP contribution in [0.15, 0.2) is 18.2 Å². The molecule has 1 saturated heterocycles. The van der Waals surface area contributed by atoms with Gasteiger partial charge in [0.15, 0.2) is 0 Å². The second-order valence-electron chi connectivity index (χ2n) is 6.18. The molecule has 20 heavy (non-hydrogen) atoms. The molecule has 3 heteroatoms. The highest BCUT2D eigenvalue weighted by Gasteiger charge is 2.20. The van der Waals surface area contributed by atoms with Crippen LogP contribution in [-0.4, -0.2) is 56.2 Å². The predicted octanol–water partition coefficient (Wildman–Crippen LogP) is 2.71. The van der Waals surface area contributed by atoms with Gasteiger partial charge in [0.25, 0.3) is 0 Å². The van der Waals surface area contributed by atoms with Crippen LogP contribution in [0.3, 0.4) is 0 Å². The van der Waals surface area contributed by atoms with Crippen molar-refractivity contribution in [3.63, 3.8) is 0 Å². The lowest BCUT2D eigenvalue weighted by molar-refractivity contribution is 0.117. The van der Waals surface area contributed by atoms with E-state index in [0.717, 1.165) is 18.9 Å². The van der Waals surface area contributed by atoms with Crippen molar-refractivity contribution in [1.29, 1.82) is 0 Å². The van der Waals surface area contributed by atoms with E-state index in [1.807, 2.05) is 0 Å². The molecular formula is C17H28N2O. The topological polar surface area (TPSA) is 15.7 Å². The molecule has 0 bridgehead atoms. The monoisotopic (exact) mass is 276 g/mol. The van der Waals surface area contributed by atoms with Crippen molar-refractivity contribution in [1.82, 2.24) is 9.80 Å². The van der Waals surface area contributed by atoms with Crippen LogP contribution < -0.4 is 4.74 Å². The molecule has 0 saturated carbocycles. The van der Waals surface area contributed by atoms with Crippen molar-refractivity contribution in [2.24, 2.45) is 0 Å². The molecule has 1 atom stereocenters. The zero-order valence-corrected chi connectivity index (χ0v) is 13.4. The molecule has 0 spiro atoms. The van der Waals surface area contributed by atoms with Crippen LogP contribution in [0.25, 0.3) is 0 Å². The van der Waals surface area contributed by atoms with Gasteiger partial charge in [-0.2, -0.15) is 0 Å². The van der Waals surface area contributed by atoms with Gasteiger partial charge >= 0.3 is 0 Å². The van der Waals surface area contributed by atoms with Crippen molar-refractivity contribution in [2.45, 2.75) is 32.7 Å². The summed E-state index contributed by atoms with van der Waals surface area (Å²) in [6.07, 6.45) is 2.62. The van der Waals surface area contributed by atoms with E-state index in [0.29, 0.717) is 6.04 Å². The summed E-state index contributed by atoms with van der Waals surface area (Å²) in [6.45, 7) is 8.40. The standard InChI is InChI=1S/C17H28N2O/c1-14-7-8-15(2)17(12-14)20-11-10-19-9-5-6-16(13-19)18(3)4/h7-8,12,16H,5-6,9-11,13H2,1-4H3. The lowest BCUT2D eigenvalue weighted by Crippen LogP contribution is -2.46. The molecular weight excluding hydrogens is 248 g/mol. The van der Waals surface area contributed by atoms with E-state index in [1.54, 1.807) is 0 Å². The molecule has 0 N–H and O–H groups in total. The number of benzene rings is 1. The van der Waals surface area contributed by atoms with E-state index >= 15 is 0 Å². The second-order valence-corrected chi connectivity index (χ2v) is 6.18. The number of likely N-dealkylation sites (N-methyl/N-ethyl adjacent to an activating group) is 1. The minimum atomic E-state index is 0.699. The van der Waals surface area contributed by atoms with Gasteiger partial charge in [0.05, 0.1) is 0 Å². The predicted molar refractivity (Wildman–Crippen MR) is 84.6 cm³/mol. The maximum absolute atomic E-state index is 5.96. The Bertz CT molecular complexity index is 431. The molecule has 3 nitrogen and oxygen atoms in total. The lowest BCUT2D eigenvalue weighted by Gasteiger charge is -2.36. The van der Waals surface area contributed by atoms with Gasteiger partial charge in [-0.1, -0.05) is 12.1 Å². The van der Waals surface area contributed by atoms with E-state index in [2.05, 4.69) is 55.9 Å². The third-order valence-corrected chi connectivity index (χ3v) is 4.22. The van der Waals surface area contributed by atoms with Crippen molar-refractivity contribution in [2.75, 3.05) is 40.3 Å². The smallest absolute Gasteiger partial charge is 0.122 e. The largest absolute Gasteiger partial charge is 0.492 e. The summed E-state index contributed by atoms with van der Waals surface area (Å²) < 4.78 is 5.96. The number of aryl methyl sites for hydroxylation is 2. The summed E-state index contributed by atoms with van der Waals surface area (Å²) in [7, 11) is 4.36. The second kappa shape index (κ2) is 7.09. The number of piperidine rings is 1. The summed E-state index contributed by atoms with van der Waals surface area (Å²) in [5.74, 6) is 1.03. The highest BCUT2D eigenvalue weighted by molar-refractivity contribution is 5.35. The van der Waals surface area contributed by atoms with E-state index in [4.69, 9.17) is 4.74 Å². The molecule has 112 valence electrons. The SMILES string of the molecule is Cc1ccc(C)c(OCCN2CCCC(N(C)C)C2)c1. The zero-order chi connectivity index (χ0) is 14.5. The molecule has 1 fully saturated rings. The third-order valence-electron chi connectivity index (χ3n) is 4.22. The van der Waals surface area contributed by atoms with E-state index < -0.39 is 0 Å². The summed E-state index contributed by atoms with van der Waals surface area (Å²) in [6, 6.07) is 7.10. The van der Waals surface area contributed by atoms with Gasteiger partial charge in [-0.3, -0.25) is 4.90 Å². The highest BCUT2D eigenvalue weighted by Crippen LogP contribution is 2.19. The van der Waals surface area contributed by atoms with Crippen molar-refractivity contribution >= 4 is 0 Å². The van der Waals surface area contributed by atoms with Crippen LogP contribution >= 0.6 is 0 Å². The minimum Gasteiger partial charge on any atom is -0.492 e. The zero-order valence-electron chi connectivity index (χ0n) is 13.4. The Hall–Kier alpha value is -1.06. The van der Waals surface area contributed by atoms with Gasteiger partial charge in [0.1, 0.15) is 12.4 Å². The van der Waals surface area contributed by atoms with E-state index in [9.17, 15) is 0 Å². The first-order valence-electron chi connectivity index (χ1n) is 7.65. The van der Waals surface area contributed by atoms with Gasteiger partial charge in [-0.25, -0.2) is 0 Å². The first kappa shape index (κ1) is 15.3. The number of hydrogen-bond acceptors (Lipinski definition) is 3. The molecule has 1 unspecified atom stereocenters. The fraction of sp³-hybridized carbons (Fsp3) is 0.647. The third kappa shape index (κ3) is 4.22. The molecule has 1 aliphatic heterocycles. The molecule has 0 aromatic heterocycles. The summed E-state index contributed by atoms with van der Waals surface area (Å²) in [4.78, 5) is 4.87. The van der Waals surface area contributed by atoms with Crippen LogP contribution in [0, 0.1) is 13.8 Å². The van der Waals surface area contributed by atoms with Crippen molar-refractivity contribution in [3.05, 3.63) is 29.3 Å². The number of ether oxygens (including phenoxy) is 1. The number of nitrogens with zero attached hydrogens (tertiary/aromatic N) is 2. The van der Waals surface area contributed by atoms with Crippen LogP contribution in [0.5, 0.6) is 5.75 Å².